The van der Waals surface area contributed by atoms with Crippen molar-refractivity contribution >= 4 is 49.7 Å². The van der Waals surface area contributed by atoms with Gasteiger partial charge in [0.2, 0.25) is 0 Å². The number of amidine groups is 1. The van der Waals surface area contributed by atoms with E-state index in [1.165, 1.54) is 27.8 Å². The molecule has 0 spiro atoms. The second-order valence-corrected chi connectivity index (χ2v) is 17.2. The van der Waals surface area contributed by atoms with E-state index >= 15 is 0 Å². The van der Waals surface area contributed by atoms with Crippen molar-refractivity contribution < 1.29 is 8.83 Å². The summed E-state index contributed by atoms with van der Waals surface area (Å²) in [6.45, 7) is 0. The molecule has 0 saturated heterocycles. The van der Waals surface area contributed by atoms with Crippen LogP contribution in [0.3, 0.4) is 0 Å². The average molecular weight is 803 g/mol. The van der Waals surface area contributed by atoms with Crippen molar-refractivity contribution in [1.82, 2.24) is 5.32 Å². The fourth-order valence-corrected chi connectivity index (χ4v) is 10.2. The molecule has 4 heteroatoms. The first-order chi connectivity index (χ1) is 30.7. The van der Waals surface area contributed by atoms with Gasteiger partial charge in [-0.05, 0) is 101 Å². The quantitative estimate of drug-likeness (QED) is 0.175. The topological polar surface area (TPSA) is 50.7 Å². The minimum atomic E-state index is -0.0312. The highest BCUT2D eigenvalue weighted by molar-refractivity contribution is 6.10. The predicted octanol–water partition coefficient (Wildman–Crippen LogP) is 15.3. The first-order valence-corrected chi connectivity index (χ1v) is 22.2. The minimum absolute atomic E-state index is 0.0312. The van der Waals surface area contributed by atoms with Crippen molar-refractivity contribution in [3.05, 3.63) is 216 Å². The smallest absolute Gasteiger partial charge is 0.143 e. The highest BCUT2D eigenvalue weighted by Crippen LogP contribution is 2.42. The molecular formula is C58H46N2O2. The fraction of sp³-hybridized carbons (Fsp3) is 0.155. The Hall–Kier alpha value is -7.17. The van der Waals surface area contributed by atoms with Crippen LogP contribution in [0.5, 0.6) is 0 Å². The molecule has 0 radical (unpaired) electrons. The van der Waals surface area contributed by atoms with Gasteiger partial charge in [-0.25, -0.2) is 0 Å². The van der Waals surface area contributed by atoms with Crippen LogP contribution >= 0.6 is 0 Å². The number of furan rings is 2. The van der Waals surface area contributed by atoms with E-state index in [2.05, 4.69) is 181 Å². The first kappa shape index (κ1) is 36.7. The number of allylic oxidation sites excluding steroid dienone is 11. The van der Waals surface area contributed by atoms with Crippen LogP contribution in [0.1, 0.15) is 55.3 Å². The maximum atomic E-state index is 6.44. The molecule has 4 atom stereocenters. The maximum absolute atomic E-state index is 6.44. The van der Waals surface area contributed by atoms with Gasteiger partial charge in [-0.2, -0.15) is 0 Å². The highest BCUT2D eigenvalue weighted by Gasteiger charge is 2.31. The van der Waals surface area contributed by atoms with Gasteiger partial charge >= 0.3 is 0 Å². The Morgan fingerprint density at radius 2 is 1.21 bits per heavy atom. The van der Waals surface area contributed by atoms with Gasteiger partial charge < -0.3 is 14.2 Å². The van der Waals surface area contributed by atoms with Crippen molar-refractivity contribution in [3.8, 4) is 22.3 Å². The van der Waals surface area contributed by atoms with E-state index in [4.69, 9.17) is 13.8 Å². The van der Waals surface area contributed by atoms with Crippen LogP contribution in [0.25, 0.3) is 66.1 Å². The molecule has 3 heterocycles. The summed E-state index contributed by atoms with van der Waals surface area (Å²) in [6.07, 6.45) is 26.1. The van der Waals surface area contributed by atoms with Crippen molar-refractivity contribution in [2.75, 3.05) is 0 Å². The molecule has 4 unspecified atom stereocenters. The van der Waals surface area contributed by atoms with E-state index < -0.39 is 0 Å². The number of nitrogens with zero attached hydrogens (tertiary/aromatic N) is 1. The van der Waals surface area contributed by atoms with Gasteiger partial charge in [0.25, 0.3) is 0 Å². The van der Waals surface area contributed by atoms with Crippen LogP contribution in [-0.4, -0.2) is 5.84 Å². The Morgan fingerprint density at radius 1 is 0.565 bits per heavy atom. The molecule has 1 N–H and O–H groups in total. The minimum Gasteiger partial charge on any atom is -0.455 e. The third-order valence-corrected chi connectivity index (χ3v) is 13.5. The van der Waals surface area contributed by atoms with E-state index in [9.17, 15) is 0 Å². The summed E-state index contributed by atoms with van der Waals surface area (Å²) in [5.41, 5.74) is 14.6. The number of nitrogens with one attached hydrogen (secondary N) is 1. The third kappa shape index (κ3) is 6.58. The molecule has 300 valence electrons. The number of hydrogen-bond donors (Lipinski definition) is 1. The lowest BCUT2D eigenvalue weighted by Gasteiger charge is -2.34. The summed E-state index contributed by atoms with van der Waals surface area (Å²) in [5, 5.41) is 8.60. The lowest BCUT2D eigenvalue weighted by Crippen LogP contribution is -2.36. The Bertz CT molecular complexity index is 3250. The highest BCUT2D eigenvalue weighted by atomic mass is 16.3. The number of para-hydroxylation sites is 4. The Kier molecular flexibility index (Phi) is 9.10. The molecule has 4 nitrogen and oxygen atoms in total. The average Bonchev–Trinajstić information content (AvgIpc) is 3.93. The largest absolute Gasteiger partial charge is 0.455 e. The summed E-state index contributed by atoms with van der Waals surface area (Å²) in [7, 11) is 0. The van der Waals surface area contributed by atoms with Crippen molar-refractivity contribution in [2.24, 2.45) is 16.8 Å². The molecule has 0 bridgehead atoms. The molecule has 2 aromatic heterocycles. The third-order valence-electron chi connectivity index (χ3n) is 13.5. The molecule has 62 heavy (non-hydrogen) atoms. The van der Waals surface area contributed by atoms with Crippen molar-refractivity contribution in [3.63, 3.8) is 0 Å². The van der Waals surface area contributed by atoms with Gasteiger partial charge in [-0.3, -0.25) is 4.99 Å². The normalized spacial score (nSPS) is 21.2. The molecule has 6 aromatic carbocycles. The van der Waals surface area contributed by atoms with Gasteiger partial charge in [-0.15, -0.1) is 0 Å². The standard InChI is InChI=1S/C58H46N2O2/c1-3-13-37(14-4-1)43-33-44(38-15-5-2-6-16-38)35-45(34-43)58-59-52(41-29-25-39(26-30-41)46-19-11-21-50-48-17-7-9-23-54(48)61-56(46)50)36-53(60-58)42-31-27-40(28-32-42)47-20-12-22-51-49-18-8-10-24-55(49)62-57(47)51/h1,3-5,7-13,15-33,35,37,43,52-53H,2,6,14,34,36H2,(H,59,60). The second-order valence-electron chi connectivity index (χ2n) is 17.2. The van der Waals surface area contributed by atoms with Gasteiger partial charge in [-0.1, -0.05) is 170 Å². The summed E-state index contributed by atoms with van der Waals surface area (Å²) in [6, 6.07) is 47.7. The van der Waals surface area contributed by atoms with Crippen LogP contribution in [0, 0.1) is 11.8 Å². The monoisotopic (exact) mass is 802 g/mol. The Labute approximate surface area is 361 Å². The Balaban J connectivity index is 0.916. The summed E-state index contributed by atoms with van der Waals surface area (Å²) in [5.74, 6) is 1.84. The van der Waals surface area contributed by atoms with Crippen molar-refractivity contribution in [2.45, 2.75) is 44.2 Å². The number of rotatable bonds is 7. The zero-order chi connectivity index (χ0) is 41.0. The SMILES string of the molecule is C1=CCC(C2C=C(C3=CCCC=C3)C=C(C3=NC(c4ccc(-c5cccc6c5oc5ccccc56)cc4)CC(c4ccc(-c5cccc6c5oc5ccccc56)cc4)N3)C2)C=C1. The van der Waals surface area contributed by atoms with E-state index in [1.807, 2.05) is 12.1 Å². The van der Waals surface area contributed by atoms with Gasteiger partial charge in [0.1, 0.15) is 28.2 Å². The molecule has 0 amide bonds. The molecule has 3 aliphatic carbocycles. The molecule has 0 saturated carbocycles. The van der Waals surface area contributed by atoms with Gasteiger partial charge in [0.15, 0.2) is 0 Å². The second kappa shape index (κ2) is 15.4. The lowest BCUT2D eigenvalue weighted by molar-refractivity contribution is 0.461. The summed E-state index contributed by atoms with van der Waals surface area (Å²) >= 11 is 0. The van der Waals surface area contributed by atoms with Crippen LogP contribution in [0.2, 0.25) is 0 Å². The van der Waals surface area contributed by atoms with E-state index in [0.717, 1.165) is 104 Å². The molecule has 8 aromatic rings. The number of fused-ring (bicyclic) bond motifs is 6. The summed E-state index contributed by atoms with van der Waals surface area (Å²) < 4.78 is 12.9. The maximum Gasteiger partial charge on any atom is 0.143 e. The number of aliphatic imine (C=N–C) groups is 1. The van der Waals surface area contributed by atoms with E-state index in [0.29, 0.717) is 11.8 Å². The fourth-order valence-electron chi connectivity index (χ4n) is 10.2. The van der Waals surface area contributed by atoms with Gasteiger partial charge in [0, 0.05) is 32.7 Å². The van der Waals surface area contributed by atoms with Crippen LogP contribution < -0.4 is 5.32 Å². The Morgan fingerprint density at radius 3 is 1.84 bits per heavy atom. The van der Waals surface area contributed by atoms with Crippen molar-refractivity contribution in [1.29, 1.82) is 0 Å². The van der Waals surface area contributed by atoms with Crippen LogP contribution in [0.15, 0.2) is 219 Å². The van der Waals surface area contributed by atoms with Crippen LogP contribution in [0.4, 0.5) is 0 Å². The molecule has 1 aliphatic heterocycles. The molecule has 0 fully saturated rings. The zero-order valence-corrected chi connectivity index (χ0v) is 34.5. The number of hydrogen-bond acceptors (Lipinski definition) is 4. The van der Waals surface area contributed by atoms with E-state index in [1.54, 1.807) is 0 Å². The van der Waals surface area contributed by atoms with Crippen LogP contribution in [-0.2, 0) is 0 Å². The predicted molar refractivity (Wildman–Crippen MR) is 256 cm³/mol. The molecule has 12 rings (SSSR count). The first-order valence-electron chi connectivity index (χ1n) is 22.2. The lowest BCUT2D eigenvalue weighted by atomic mass is 9.76. The summed E-state index contributed by atoms with van der Waals surface area (Å²) in [4.78, 5) is 5.62. The zero-order valence-electron chi connectivity index (χ0n) is 34.5. The van der Waals surface area contributed by atoms with E-state index in [-0.39, 0.29) is 12.1 Å². The molecular weight excluding hydrogens is 757 g/mol. The number of benzene rings is 6. The molecule has 4 aliphatic rings. The van der Waals surface area contributed by atoms with Gasteiger partial charge in [0.05, 0.1) is 12.1 Å².